The van der Waals surface area contributed by atoms with Gasteiger partial charge in [0, 0.05) is 11.6 Å². The quantitative estimate of drug-likeness (QED) is 0.553. The molecule has 1 heterocycles. The molecule has 96 valence electrons. The number of ether oxygens (including phenoxy) is 2. The van der Waals surface area contributed by atoms with Crippen molar-refractivity contribution in [3.8, 4) is 11.5 Å². The molecule has 0 aliphatic rings. The van der Waals surface area contributed by atoms with Crippen molar-refractivity contribution in [1.29, 1.82) is 0 Å². The summed E-state index contributed by atoms with van der Waals surface area (Å²) in [5, 5.41) is 1.87. The van der Waals surface area contributed by atoms with E-state index in [1.54, 1.807) is 25.6 Å². The number of benzene rings is 1. The van der Waals surface area contributed by atoms with Gasteiger partial charge in [0.1, 0.15) is 11.5 Å². The lowest BCUT2D eigenvalue weighted by Crippen LogP contribution is -1.97. The van der Waals surface area contributed by atoms with Crippen LogP contribution in [0.1, 0.15) is 16.5 Å². The van der Waals surface area contributed by atoms with Crippen LogP contribution >= 0.6 is 45.5 Å². The normalized spacial score (nSPS) is 12.2. The topological polar surface area (TPSA) is 18.5 Å². The van der Waals surface area contributed by atoms with Gasteiger partial charge in [0.05, 0.1) is 22.5 Å². The highest BCUT2D eigenvalue weighted by Crippen LogP contribution is 2.38. The van der Waals surface area contributed by atoms with E-state index in [9.17, 15) is 0 Å². The Hall–Kier alpha value is -0.460. The van der Waals surface area contributed by atoms with Crippen LogP contribution in [0.3, 0.4) is 0 Å². The van der Waals surface area contributed by atoms with Gasteiger partial charge >= 0.3 is 0 Å². The van der Waals surface area contributed by atoms with Gasteiger partial charge in [-0.15, -0.1) is 22.9 Å². The molecule has 0 aliphatic carbocycles. The molecule has 0 fully saturated rings. The molecule has 1 aromatic heterocycles. The summed E-state index contributed by atoms with van der Waals surface area (Å²) in [5.41, 5.74) is 2.05. The van der Waals surface area contributed by atoms with Gasteiger partial charge in [0.25, 0.3) is 0 Å². The van der Waals surface area contributed by atoms with Gasteiger partial charge in [-0.2, -0.15) is 0 Å². The van der Waals surface area contributed by atoms with Crippen LogP contribution in [0.4, 0.5) is 0 Å². The number of methoxy groups -OCH3 is 2. The molecule has 0 saturated carbocycles. The maximum absolute atomic E-state index is 6.51. The fraction of sp³-hybridized carbons (Fsp3) is 0.231. The van der Waals surface area contributed by atoms with Gasteiger partial charge in [-0.1, -0.05) is 0 Å². The van der Waals surface area contributed by atoms with E-state index in [0.717, 1.165) is 22.6 Å². The fourth-order valence-electron chi connectivity index (χ4n) is 1.66. The first-order valence-corrected chi connectivity index (χ1v) is 7.65. The van der Waals surface area contributed by atoms with Crippen molar-refractivity contribution in [2.24, 2.45) is 0 Å². The van der Waals surface area contributed by atoms with E-state index >= 15 is 0 Å². The summed E-state index contributed by atoms with van der Waals surface area (Å²) >= 11 is 10.5. The summed E-state index contributed by atoms with van der Waals surface area (Å²) in [6.45, 7) is 0. The Morgan fingerprint density at radius 3 is 2.56 bits per heavy atom. The zero-order chi connectivity index (χ0) is 13.1. The molecule has 0 aliphatic heterocycles. The first-order chi connectivity index (χ1) is 8.65. The largest absolute Gasteiger partial charge is 0.497 e. The first-order valence-electron chi connectivity index (χ1n) is 5.25. The van der Waals surface area contributed by atoms with Crippen molar-refractivity contribution >= 4 is 45.5 Å². The Labute approximate surface area is 129 Å². The lowest BCUT2D eigenvalue weighted by Gasteiger charge is -2.14. The van der Waals surface area contributed by atoms with Gasteiger partial charge in [-0.05, 0) is 51.7 Å². The molecule has 0 spiro atoms. The van der Waals surface area contributed by atoms with E-state index in [-0.39, 0.29) is 5.38 Å². The zero-order valence-electron chi connectivity index (χ0n) is 9.94. The van der Waals surface area contributed by atoms with Crippen LogP contribution in [0.25, 0.3) is 0 Å². The molecule has 1 unspecified atom stereocenters. The minimum Gasteiger partial charge on any atom is -0.497 e. The molecule has 2 rings (SSSR count). The molecule has 0 saturated heterocycles. The first kappa shape index (κ1) is 14.0. The number of alkyl halides is 1. The third-order valence-corrected chi connectivity index (χ3v) is 4.89. The standard InChI is InChI=1S/C13H12ClIO2S/c1-16-9-3-4-10(11(6-9)17-2)13(14)8-5-12(15)18-7-8/h3-7,13H,1-2H3. The molecule has 0 N–H and O–H groups in total. The van der Waals surface area contributed by atoms with Gasteiger partial charge in [-0.3, -0.25) is 0 Å². The van der Waals surface area contributed by atoms with Gasteiger partial charge in [0.15, 0.2) is 0 Å². The second-order valence-electron chi connectivity index (χ2n) is 3.65. The van der Waals surface area contributed by atoms with Gasteiger partial charge < -0.3 is 9.47 Å². The summed E-state index contributed by atoms with van der Waals surface area (Å²) in [5.74, 6) is 1.51. The summed E-state index contributed by atoms with van der Waals surface area (Å²) in [6, 6.07) is 7.78. The molecule has 0 amide bonds. The van der Waals surface area contributed by atoms with Crippen molar-refractivity contribution < 1.29 is 9.47 Å². The van der Waals surface area contributed by atoms with Crippen LogP contribution in [0, 0.1) is 2.88 Å². The highest BCUT2D eigenvalue weighted by molar-refractivity contribution is 14.1. The summed E-state index contributed by atoms with van der Waals surface area (Å²) in [6.07, 6.45) is 0. The van der Waals surface area contributed by atoms with Crippen molar-refractivity contribution in [1.82, 2.24) is 0 Å². The minimum atomic E-state index is -0.203. The van der Waals surface area contributed by atoms with E-state index in [4.69, 9.17) is 21.1 Å². The Morgan fingerprint density at radius 1 is 1.22 bits per heavy atom. The van der Waals surface area contributed by atoms with E-state index in [1.165, 1.54) is 2.88 Å². The van der Waals surface area contributed by atoms with Crippen LogP contribution in [0.15, 0.2) is 29.6 Å². The Morgan fingerprint density at radius 2 is 2.00 bits per heavy atom. The highest BCUT2D eigenvalue weighted by Gasteiger charge is 2.17. The molecule has 0 bridgehead atoms. The summed E-state index contributed by atoms with van der Waals surface area (Å²) < 4.78 is 11.8. The van der Waals surface area contributed by atoms with Crippen LogP contribution in [0.2, 0.25) is 0 Å². The third-order valence-electron chi connectivity index (χ3n) is 2.59. The van der Waals surface area contributed by atoms with E-state index in [2.05, 4.69) is 34.0 Å². The molecule has 1 aromatic carbocycles. The third kappa shape index (κ3) is 2.92. The SMILES string of the molecule is COc1ccc(C(Cl)c2csc(I)c2)c(OC)c1. The molecule has 2 nitrogen and oxygen atoms in total. The Kier molecular flexibility index (Phi) is 4.75. The van der Waals surface area contributed by atoms with E-state index in [1.807, 2.05) is 18.2 Å². The van der Waals surface area contributed by atoms with Gasteiger partial charge in [0.2, 0.25) is 0 Å². The fourth-order valence-corrected chi connectivity index (χ4v) is 3.44. The number of halogens is 2. The van der Waals surface area contributed by atoms with Crippen molar-refractivity contribution in [3.05, 3.63) is 43.7 Å². The Balaban J connectivity index is 2.38. The second kappa shape index (κ2) is 6.12. The second-order valence-corrected chi connectivity index (χ2v) is 6.90. The number of rotatable bonds is 4. The van der Waals surface area contributed by atoms with Crippen LogP contribution in [-0.4, -0.2) is 14.2 Å². The predicted octanol–water partition coefficient (Wildman–Crippen LogP) is 4.70. The predicted molar refractivity (Wildman–Crippen MR) is 84.3 cm³/mol. The van der Waals surface area contributed by atoms with E-state index < -0.39 is 0 Å². The molecule has 1 atom stereocenters. The lowest BCUT2D eigenvalue weighted by atomic mass is 10.1. The van der Waals surface area contributed by atoms with Crippen molar-refractivity contribution in [3.63, 3.8) is 0 Å². The monoisotopic (exact) mass is 394 g/mol. The number of hydrogen-bond acceptors (Lipinski definition) is 3. The molecular formula is C13H12ClIO2S. The summed E-state index contributed by atoms with van der Waals surface area (Å²) in [4.78, 5) is 0. The van der Waals surface area contributed by atoms with Crippen molar-refractivity contribution in [2.75, 3.05) is 14.2 Å². The maximum atomic E-state index is 6.51. The lowest BCUT2D eigenvalue weighted by molar-refractivity contribution is 0.391. The molecule has 18 heavy (non-hydrogen) atoms. The van der Waals surface area contributed by atoms with Gasteiger partial charge in [-0.25, -0.2) is 0 Å². The molecular weight excluding hydrogens is 383 g/mol. The average Bonchev–Trinajstić information content (AvgIpc) is 2.83. The minimum absolute atomic E-state index is 0.203. The number of thiophene rings is 1. The van der Waals surface area contributed by atoms with Crippen LogP contribution in [-0.2, 0) is 0 Å². The molecule has 2 aromatic rings. The highest BCUT2D eigenvalue weighted by atomic mass is 127. The Bertz CT molecular complexity index is 542. The maximum Gasteiger partial charge on any atom is 0.127 e. The van der Waals surface area contributed by atoms with Crippen LogP contribution in [0.5, 0.6) is 11.5 Å². The smallest absolute Gasteiger partial charge is 0.127 e. The van der Waals surface area contributed by atoms with E-state index in [0.29, 0.717) is 0 Å². The number of hydrogen-bond donors (Lipinski definition) is 0. The molecule has 5 heteroatoms. The molecule has 0 radical (unpaired) electrons. The van der Waals surface area contributed by atoms with Crippen LogP contribution < -0.4 is 9.47 Å². The summed E-state index contributed by atoms with van der Waals surface area (Å²) in [7, 11) is 3.27. The average molecular weight is 395 g/mol. The zero-order valence-corrected chi connectivity index (χ0v) is 13.7. The van der Waals surface area contributed by atoms with Crippen molar-refractivity contribution in [2.45, 2.75) is 5.38 Å².